The number of rotatable bonds is 9. The summed E-state index contributed by atoms with van der Waals surface area (Å²) in [6.45, 7) is 2.39. The van der Waals surface area contributed by atoms with Gasteiger partial charge >= 0.3 is 8.60 Å². The molecule has 7 heteroatoms. The van der Waals surface area contributed by atoms with Gasteiger partial charge in [-0.25, -0.2) is 0 Å². The van der Waals surface area contributed by atoms with Crippen molar-refractivity contribution in [2.24, 2.45) is 0 Å². The van der Waals surface area contributed by atoms with Gasteiger partial charge in [-0.2, -0.15) is 35.3 Å². The van der Waals surface area contributed by atoms with E-state index in [1.165, 1.54) is 17.3 Å². The minimum absolute atomic E-state index is 0.697. The summed E-state index contributed by atoms with van der Waals surface area (Å²) in [7, 11) is -1.08. The molecule has 3 rings (SSSR count). The van der Waals surface area contributed by atoms with E-state index in [2.05, 4.69) is 0 Å². The lowest BCUT2D eigenvalue weighted by Crippen LogP contribution is -2.06. The lowest BCUT2D eigenvalue weighted by molar-refractivity contribution is 0.169. The Hall–Kier alpha value is 1.36. The fourth-order valence-corrected chi connectivity index (χ4v) is 3.66. The molecule has 3 saturated heterocycles. The van der Waals surface area contributed by atoms with E-state index < -0.39 is 8.60 Å². The lowest BCUT2D eigenvalue weighted by Gasteiger charge is -2.15. The van der Waals surface area contributed by atoms with Gasteiger partial charge in [0.05, 0.1) is 19.8 Å². The third-order valence-corrected chi connectivity index (χ3v) is 6.21. The van der Waals surface area contributed by atoms with Crippen LogP contribution in [0.15, 0.2) is 0 Å². The molecule has 16 heavy (non-hydrogen) atoms. The first-order valence-corrected chi connectivity index (χ1v) is 9.68. The van der Waals surface area contributed by atoms with Gasteiger partial charge in [0.1, 0.15) is 0 Å². The molecule has 92 valence electrons. The molecule has 0 N–H and O–H groups in total. The number of thioether (sulfide) groups is 3. The van der Waals surface area contributed by atoms with Crippen molar-refractivity contribution < 1.29 is 13.6 Å². The van der Waals surface area contributed by atoms with Crippen LogP contribution in [-0.4, -0.2) is 52.8 Å². The molecule has 0 bridgehead atoms. The van der Waals surface area contributed by atoms with E-state index in [1.807, 2.05) is 35.3 Å². The second kappa shape index (κ2) is 6.00. The van der Waals surface area contributed by atoms with E-state index in [0.717, 1.165) is 19.8 Å². The fourth-order valence-electron chi connectivity index (χ4n) is 1.04. The third kappa shape index (κ3) is 4.92. The molecule has 0 aliphatic carbocycles. The van der Waals surface area contributed by atoms with Crippen molar-refractivity contribution in [1.29, 1.82) is 0 Å². The van der Waals surface area contributed by atoms with Crippen LogP contribution in [0.25, 0.3) is 0 Å². The van der Waals surface area contributed by atoms with E-state index >= 15 is 0 Å². The second-order valence-electron chi connectivity index (χ2n) is 3.98. The first-order chi connectivity index (χ1) is 7.90. The Morgan fingerprint density at radius 3 is 1.31 bits per heavy atom. The second-order valence-corrected chi connectivity index (χ2v) is 9.20. The van der Waals surface area contributed by atoms with Gasteiger partial charge in [-0.3, -0.25) is 0 Å². The quantitative estimate of drug-likeness (QED) is 0.480. The standard InChI is InChI=1S/C9H15O3PS3/c1(7-4-14-7)10-13(11-2-8-5-15-8)12-3-9-6-16-9/h7-9H,1-6H2. The topological polar surface area (TPSA) is 27.7 Å². The van der Waals surface area contributed by atoms with Crippen LogP contribution >= 0.6 is 43.9 Å². The Morgan fingerprint density at radius 1 is 0.750 bits per heavy atom. The number of hydrogen-bond acceptors (Lipinski definition) is 6. The zero-order valence-electron chi connectivity index (χ0n) is 8.87. The number of hydrogen-bond donors (Lipinski definition) is 0. The Bertz CT molecular complexity index is 196. The maximum Gasteiger partial charge on any atom is 0.332 e. The first kappa shape index (κ1) is 12.4. The third-order valence-electron chi connectivity index (χ3n) is 2.30. The van der Waals surface area contributed by atoms with Gasteiger partial charge < -0.3 is 13.6 Å². The average Bonchev–Trinajstić information content (AvgIpc) is 3.15. The van der Waals surface area contributed by atoms with Crippen LogP contribution in [0.1, 0.15) is 0 Å². The Kier molecular flexibility index (Phi) is 4.65. The van der Waals surface area contributed by atoms with Crippen LogP contribution < -0.4 is 0 Å². The summed E-state index contributed by atoms with van der Waals surface area (Å²) in [5, 5.41) is 2.09. The predicted molar refractivity (Wildman–Crippen MR) is 73.5 cm³/mol. The van der Waals surface area contributed by atoms with Gasteiger partial charge in [0.2, 0.25) is 0 Å². The van der Waals surface area contributed by atoms with Gasteiger partial charge in [-0.15, -0.1) is 0 Å². The molecule has 0 aromatic rings. The van der Waals surface area contributed by atoms with Crippen molar-refractivity contribution >= 4 is 43.9 Å². The molecular formula is C9H15O3PS3. The molecule has 0 radical (unpaired) electrons. The summed E-state index contributed by atoms with van der Waals surface area (Å²) in [6.07, 6.45) is 0. The molecule has 0 aromatic carbocycles. The summed E-state index contributed by atoms with van der Waals surface area (Å²) in [4.78, 5) is 0. The van der Waals surface area contributed by atoms with Crippen LogP contribution in [0, 0.1) is 0 Å². The van der Waals surface area contributed by atoms with Crippen molar-refractivity contribution in [1.82, 2.24) is 0 Å². The fraction of sp³-hybridized carbons (Fsp3) is 1.00. The van der Waals surface area contributed by atoms with Gasteiger partial charge in [-0.1, -0.05) is 0 Å². The van der Waals surface area contributed by atoms with Gasteiger partial charge in [0.15, 0.2) is 0 Å². The summed E-state index contributed by atoms with van der Waals surface area (Å²) >= 11 is 5.85. The minimum atomic E-state index is -1.08. The van der Waals surface area contributed by atoms with Crippen LogP contribution in [0.5, 0.6) is 0 Å². The lowest BCUT2D eigenvalue weighted by atomic mass is 10.5. The maximum absolute atomic E-state index is 5.70. The highest BCUT2D eigenvalue weighted by molar-refractivity contribution is 8.07. The minimum Gasteiger partial charge on any atom is -0.311 e. The van der Waals surface area contributed by atoms with Crippen LogP contribution in [0.4, 0.5) is 0 Å². The Balaban J connectivity index is 1.33. The smallest absolute Gasteiger partial charge is 0.311 e. The zero-order valence-corrected chi connectivity index (χ0v) is 12.2. The monoisotopic (exact) mass is 298 g/mol. The predicted octanol–water partition coefficient (Wildman–Crippen LogP) is 2.61. The summed E-state index contributed by atoms with van der Waals surface area (Å²) in [6, 6.07) is 0. The van der Waals surface area contributed by atoms with Crippen LogP contribution in [0.3, 0.4) is 0 Å². The highest BCUT2D eigenvalue weighted by atomic mass is 32.2. The van der Waals surface area contributed by atoms with Crippen molar-refractivity contribution in [2.45, 2.75) is 15.7 Å². The Labute approximate surface area is 110 Å². The molecule has 3 fully saturated rings. The average molecular weight is 298 g/mol. The highest BCUT2D eigenvalue weighted by Gasteiger charge is 2.30. The molecule has 0 aromatic heterocycles. The van der Waals surface area contributed by atoms with Gasteiger partial charge in [0, 0.05) is 33.0 Å². The molecular weight excluding hydrogens is 283 g/mol. The molecule has 0 spiro atoms. The first-order valence-electron chi connectivity index (χ1n) is 5.44. The van der Waals surface area contributed by atoms with E-state index in [9.17, 15) is 0 Å². The van der Waals surface area contributed by atoms with Crippen molar-refractivity contribution in [3.05, 3.63) is 0 Å². The van der Waals surface area contributed by atoms with Crippen molar-refractivity contribution in [3.8, 4) is 0 Å². The molecule has 3 heterocycles. The van der Waals surface area contributed by atoms with Crippen molar-refractivity contribution in [3.63, 3.8) is 0 Å². The zero-order chi connectivity index (χ0) is 10.8. The van der Waals surface area contributed by atoms with Gasteiger partial charge in [-0.05, 0) is 0 Å². The van der Waals surface area contributed by atoms with E-state index in [0.29, 0.717) is 15.7 Å². The highest BCUT2D eigenvalue weighted by Crippen LogP contribution is 2.46. The molecule has 3 aliphatic heterocycles. The summed E-state index contributed by atoms with van der Waals surface area (Å²) < 4.78 is 17.1. The largest absolute Gasteiger partial charge is 0.332 e. The van der Waals surface area contributed by atoms with E-state index in [4.69, 9.17) is 13.6 Å². The summed E-state index contributed by atoms with van der Waals surface area (Å²) in [5.41, 5.74) is 0. The van der Waals surface area contributed by atoms with E-state index in [1.54, 1.807) is 0 Å². The maximum atomic E-state index is 5.70. The SMILES string of the molecule is C(OP(OCC1CS1)OCC1CS1)C1CS1. The Morgan fingerprint density at radius 2 is 1.06 bits per heavy atom. The normalized spacial score (nSPS) is 37.1. The van der Waals surface area contributed by atoms with E-state index in [-0.39, 0.29) is 0 Å². The molecule has 3 aliphatic rings. The van der Waals surface area contributed by atoms with Crippen LogP contribution in [-0.2, 0) is 13.6 Å². The van der Waals surface area contributed by atoms with Crippen molar-refractivity contribution in [2.75, 3.05) is 37.1 Å². The van der Waals surface area contributed by atoms with Gasteiger partial charge in [0.25, 0.3) is 0 Å². The molecule has 3 unspecified atom stereocenters. The summed E-state index contributed by atoms with van der Waals surface area (Å²) in [5.74, 6) is 3.71. The van der Waals surface area contributed by atoms with Crippen LogP contribution in [0.2, 0.25) is 0 Å². The molecule has 3 nitrogen and oxygen atoms in total. The molecule has 0 amide bonds. The molecule has 3 atom stereocenters. The molecule has 0 saturated carbocycles.